The highest BCUT2D eigenvalue weighted by molar-refractivity contribution is 7.98. The van der Waals surface area contributed by atoms with Crippen molar-refractivity contribution in [1.29, 1.82) is 0 Å². The second kappa shape index (κ2) is 37.4. The Morgan fingerprint density at radius 2 is 1.13 bits per heavy atom. The molecule has 0 radical (unpaired) electrons. The van der Waals surface area contributed by atoms with Crippen LogP contribution in [0.3, 0.4) is 0 Å². The number of amides is 11. The van der Waals surface area contributed by atoms with Crippen LogP contribution in [0.4, 0.5) is 0 Å². The largest absolute Gasteiger partial charge is 0.379 e. The van der Waals surface area contributed by atoms with Crippen molar-refractivity contribution in [2.24, 2.45) is 11.8 Å². The molecule has 2 bridgehead atoms. The molecule has 2 aliphatic heterocycles. The predicted molar refractivity (Wildman–Crippen MR) is 398 cm³/mol. The molecule has 0 unspecified atom stereocenters. The molecule has 7 rings (SSSR count). The summed E-state index contributed by atoms with van der Waals surface area (Å²) in [4.78, 5) is 165. The van der Waals surface area contributed by atoms with E-state index in [1.54, 1.807) is 95.5 Å². The van der Waals surface area contributed by atoms with Crippen molar-refractivity contribution in [2.75, 3.05) is 45.8 Å². The van der Waals surface area contributed by atoms with Crippen LogP contribution in [0.1, 0.15) is 116 Å². The molecule has 11 amide bonds. The standard InChI is InChI=1S/C77H103N11O12S2/c1-47(2)65-71(95)82-60(43-53-27-18-15-19-28-53)72(96)88-38-24-35-61(88)69(93)83-64(51(7)100-13)73(97)86(11)62(44-57-33-23-32-56-31-20-21-34-58(56)57)70(94)84-76(8,9)74(98)79-50(6)67(91)81-59(42-52-25-16-14-17-26-52)68(92)85-77(10,48(3)4)75(99)80-49(5)66(90)78-37-40-102-46-55-30-22-29-54(41-55)45-101-39-36-63(89)87(65)12/h14-23,25-34,41,47-51,59-62,64-65H,24,35-40,42-46H2,1-13H3,(H,78,90)(H,79,98)(H,80,99)(H,81,91)(H,82,95)(H,83,93)(H,84,94)(H,85,92)/t49-,50-,51+,59-,60-,61-,62-,64-,65-,77-/m0/s1. The Balaban J connectivity index is 1.19. The van der Waals surface area contributed by atoms with Gasteiger partial charge in [-0.25, -0.2) is 0 Å². The highest BCUT2D eigenvalue weighted by Crippen LogP contribution is 2.27. The van der Waals surface area contributed by atoms with Crippen molar-refractivity contribution in [2.45, 2.75) is 185 Å². The van der Waals surface area contributed by atoms with Crippen LogP contribution in [-0.2, 0) is 88.2 Å². The Hall–Kier alpha value is -8.81. The first-order valence-electron chi connectivity index (χ1n) is 35.0. The van der Waals surface area contributed by atoms with Crippen LogP contribution < -0.4 is 42.5 Å². The molecular formula is C77H103N11O12S2. The van der Waals surface area contributed by atoms with Crippen LogP contribution in [0.2, 0.25) is 0 Å². The van der Waals surface area contributed by atoms with Crippen molar-refractivity contribution < 1.29 is 57.5 Å². The molecule has 0 spiro atoms. The lowest BCUT2D eigenvalue weighted by Gasteiger charge is -2.36. The summed E-state index contributed by atoms with van der Waals surface area (Å²) in [6, 6.07) is 29.5. The third kappa shape index (κ3) is 21.6. The fourth-order valence-corrected chi connectivity index (χ4v) is 14.2. The first-order valence-corrected chi connectivity index (χ1v) is 37.3. The van der Waals surface area contributed by atoms with E-state index in [4.69, 9.17) is 4.74 Å². The molecule has 5 aromatic carbocycles. The Morgan fingerprint density at radius 1 is 0.559 bits per heavy atom. The summed E-state index contributed by atoms with van der Waals surface area (Å²) < 4.78 is 5.76. The quantitative estimate of drug-likeness (QED) is 0.0823. The number of likely N-dealkylation sites (N-methyl/N-ethyl adjacent to an activating group) is 2. The Kier molecular flexibility index (Phi) is 29.5. The molecular weight excluding hydrogens is 1340 g/mol. The Morgan fingerprint density at radius 3 is 1.75 bits per heavy atom. The summed E-state index contributed by atoms with van der Waals surface area (Å²) in [5, 5.41) is 24.4. The van der Waals surface area contributed by atoms with Crippen molar-refractivity contribution in [3.63, 3.8) is 0 Å². The van der Waals surface area contributed by atoms with Crippen molar-refractivity contribution in [3.8, 4) is 0 Å². The highest BCUT2D eigenvalue weighted by atomic mass is 32.2. The number of fused-ring (bicyclic) bond motifs is 4. The molecule has 10 atom stereocenters. The summed E-state index contributed by atoms with van der Waals surface area (Å²) in [6.07, 6.45) is -0.296. The zero-order valence-electron chi connectivity index (χ0n) is 61.0. The van der Waals surface area contributed by atoms with Gasteiger partial charge in [0.2, 0.25) is 65.0 Å². The van der Waals surface area contributed by atoms with Crippen molar-refractivity contribution in [3.05, 3.63) is 155 Å². The van der Waals surface area contributed by atoms with Gasteiger partial charge in [0.1, 0.15) is 59.4 Å². The lowest BCUT2D eigenvalue weighted by Crippen LogP contribution is -2.66. The van der Waals surface area contributed by atoms with E-state index in [-0.39, 0.29) is 50.5 Å². The molecule has 550 valence electrons. The molecule has 8 N–H and O–H groups in total. The monoisotopic (exact) mass is 1440 g/mol. The van der Waals surface area contributed by atoms with Crippen molar-refractivity contribution >= 4 is 99.3 Å². The van der Waals surface area contributed by atoms with Gasteiger partial charge in [0.15, 0.2) is 0 Å². The van der Waals surface area contributed by atoms with Gasteiger partial charge in [0.25, 0.3) is 0 Å². The van der Waals surface area contributed by atoms with Gasteiger partial charge >= 0.3 is 0 Å². The molecule has 102 heavy (non-hydrogen) atoms. The number of methoxy groups -OCH3 is 1. The van der Waals surface area contributed by atoms with E-state index in [0.29, 0.717) is 47.1 Å². The number of carbonyl (C=O) groups is 11. The van der Waals surface area contributed by atoms with E-state index in [9.17, 15) is 38.4 Å². The number of rotatable bonds is 10. The van der Waals surface area contributed by atoms with Crippen LogP contribution in [0.5, 0.6) is 0 Å². The number of thioether (sulfide) groups is 2. The lowest BCUT2D eigenvalue weighted by molar-refractivity contribution is -0.147. The van der Waals surface area contributed by atoms with Gasteiger partial charge in [-0.3, -0.25) is 52.7 Å². The second-order valence-electron chi connectivity index (χ2n) is 27.9. The van der Waals surface area contributed by atoms with E-state index < -0.39 is 131 Å². The molecule has 1 fully saturated rings. The van der Waals surface area contributed by atoms with Gasteiger partial charge in [-0.2, -0.15) is 23.5 Å². The predicted octanol–water partition coefficient (Wildman–Crippen LogP) is 5.78. The number of hydrogen-bond donors (Lipinski definition) is 8. The summed E-state index contributed by atoms with van der Waals surface area (Å²) in [5.41, 5.74) is 0.829. The minimum atomic E-state index is -1.78. The summed E-state index contributed by atoms with van der Waals surface area (Å²) in [7, 11) is 4.37. The van der Waals surface area contributed by atoms with E-state index in [1.165, 1.54) is 49.6 Å². The summed E-state index contributed by atoms with van der Waals surface area (Å²) in [6.45, 7) is 16.5. The molecule has 0 aliphatic carbocycles. The Labute approximate surface area is 608 Å². The maximum atomic E-state index is 15.3. The molecule has 2 heterocycles. The first-order chi connectivity index (χ1) is 48.4. The van der Waals surface area contributed by atoms with Gasteiger partial charge in [0.05, 0.1) is 6.10 Å². The molecule has 5 aromatic rings. The normalized spacial score (nSPS) is 25.1. The van der Waals surface area contributed by atoms with E-state index >= 15 is 14.4 Å². The van der Waals surface area contributed by atoms with Gasteiger partial charge in [-0.05, 0) is 105 Å². The fourth-order valence-electron chi connectivity index (χ4n) is 12.5. The highest BCUT2D eigenvalue weighted by Gasteiger charge is 2.45. The maximum absolute atomic E-state index is 15.3. The third-order valence-electron chi connectivity index (χ3n) is 19.2. The van der Waals surface area contributed by atoms with E-state index in [1.807, 2.05) is 105 Å². The second-order valence-corrected chi connectivity index (χ2v) is 30.1. The van der Waals surface area contributed by atoms with E-state index in [2.05, 4.69) is 48.6 Å². The lowest BCUT2D eigenvalue weighted by atomic mass is 9.86. The number of carbonyl (C=O) groups excluding carboxylic acids is 11. The minimum Gasteiger partial charge on any atom is -0.379 e. The Bertz CT molecular complexity index is 3760. The maximum Gasteiger partial charge on any atom is 0.248 e. The molecule has 0 saturated carbocycles. The molecule has 1 saturated heterocycles. The summed E-state index contributed by atoms with van der Waals surface area (Å²) in [5.74, 6) is -5.50. The molecule has 23 nitrogen and oxygen atoms in total. The number of nitrogens with zero attached hydrogens (tertiary/aromatic N) is 3. The zero-order valence-corrected chi connectivity index (χ0v) is 62.7. The van der Waals surface area contributed by atoms with Gasteiger partial charge in [-0.15, -0.1) is 0 Å². The number of hydrogen-bond acceptors (Lipinski definition) is 14. The van der Waals surface area contributed by atoms with Gasteiger partial charge < -0.3 is 62.0 Å². The van der Waals surface area contributed by atoms with E-state index in [0.717, 1.165) is 27.5 Å². The average Bonchev–Trinajstić information content (AvgIpc) is 1.11. The zero-order chi connectivity index (χ0) is 74.6. The third-order valence-corrected chi connectivity index (χ3v) is 21.3. The van der Waals surface area contributed by atoms with Gasteiger partial charge in [0, 0.05) is 83.0 Å². The fraction of sp³-hybridized carbons (Fsp3) is 0.494. The van der Waals surface area contributed by atoms with Crippen LogP contribution >= 0.6 is 23.5 Å². The van der Waals surface area contributed by atoms with Crippen LogP contribution in [0, 0.1) is 11.8 Å². The average molecular weight is 1440 g/mol. The molecule has 2 aliphatic rings. The topological polar surface area (TPSA) is 303 Å². The SMILES string of the molecule is CO[C@H](C)[C@@H]1NC(=O)[C@@H]2CCCN2C(=O)[C@H](Cc2ccccc2)NC(=O)[C@H](C(C)C)N(C)C(=O)CCSCc2cccc(c2)CSCCNC(=O)[C@H](C)NC(=O)[C@](C)(C(C)C)NC(=O)[C@H](Cc2ccccc2)NC(=O)[C@H](C)NC(=O)C(C)(C)NC(=O)[C@H](Cc2cccc3ccccc23)N(C)C1=O. The van der Waals surface area contributed by atoms with Crippen LogP contribution in [0.25, 0.3) is 10.8 Å². The van der Waals surface area contributed by atoms with Gasteiger partial charge in [-0.1, -0.05) is 155 Å². The summed E-state index contributed by atoms with van der Waals surface area (Å²) >= 11 is 3.20. The van der Waals surface area contributed by atoms with Crippen LogP contribution in [-0.4, -0.2) is 191 Å². The number of ether oxygens (including phenoxy) is 1. The first kappa shape index (κ1) is 80.5. The van der Waals surface area contributed by atoms with Crippen molar-refractivity contribution in [1.82, 2.24) is 57.2 Å². The van der Waals surface area contributed by atoms with Crippen LogP contribution in [0.15, 0.2) is 127 Å². The smallest absolute Gasteiger partial charge is 0.248 e. The molecule has 0 aromatic heterocycles. The molecule has 25 heteroatoms. The number of benzene rings is 5. The minimum absolute atomic E-state index is 0.0225. The number of nitrogens with one attached hydrogen (secondary N) is 8.